The molecule has 0 aliphatic heterocycles. The molecule has 1 aromatic carbocycles. The topological polar surface area (TPSA) is 37.8 Å². The molecule has 1 aromatic heterocycles. The standard InChI is InChI=1S/C15H19N3S/c1-3-9-16-11-13-8-10-17-15(18-13)12-4-6-14(19-2)7-5-12/h4-8,10,16H,3,9,11H2,1-2H3. The van der Waals surface area contributed by atoms with Gasteiger partial charge in [0.2, 0.25) is 0 Å². The van der Waals surface area contributed by atoms with Gasteiger partial charge in [0.15, 0.2) is 5.82 Å². The summed E-state index contributed by atoms with van der Waals surface area (Å²) in [5, 5.41) is 3.35. The van der Waals surface area contributed by atoms with Gasteiger partial charge in [-0.1, -0.05) is 19.1 Å². The highest BCUT2D eigenvalue weighted by Crippen LogP contribution is 2.20. The molecule has 0 fully saturated rings. The number of nitrogens with zero attached hydrogens (tertiary/aromatic N) is 2. The Morgan fingerprint density at radius 2 is 1.95 bits per heavy atom. The number of rotatable bonds is 6. The molecule has 100 valence electrons. The normalized spacial score (nSPS) is 10.6. The van der Waals surface area contributed by atoms with Gasteiger partial charge < -0.3 is 5.32 Å². The van der Waals surface area contributed by atoms with Crippen molar-refractivity contribution in [2.45, 2.75) is 24.8 Å². The van der Waals surface area contributed by atoms with E-state index in [1.807, 2.05) is 12.3 Å². The van der Waals surface area contributed by atoms with E-state index in [9.17, 15) is 0 Å². The van der Waals surface area contributed by atoms with Crippen LogP contribution in [0.4, 0.5) is 0 Å². The van der Waals surface area contributed by atoms with Gasteiger partial charge in [-0.3, -0.25) is 0 Å². The Morgan fingerprint density at radius 1 is 1.16 bits per heavy atom. The first kappa shape index (κ1) is 14.0. The minimum absolute atomic E-state index is 0.795. The fourth-order valence-corrected chi connectivity index (χ4v) is 2.18. The molecule has 0 atom stereocenters. The fraction of sp³-hybridized carbons (Fsp3) is 0.333. The molecule has 0 spiro atoms. The lowest BCUT2D eigenvalue weighted by molar-refractivity contribution is 0.663. The van der Waals surface area contributed by atoms with Crippen LogP contribution in [0.5, 0.6) is 0 Å². The quantitative estimate of drug-likeness (QED) is 0.647. The summed E-state index contributed by atoms with van der Waals surface area (Å²) in [5.74, 6) is 0.795. The lowest BCUT2D eigenvalue weighted by Crippen LogP contribution is -2.15. The van der Waals surface area contributed by atoms with Gasteiger partial charge in [0.05, 0.1) is 5.69 Å². The number of hydrogen-bond acceptors (Lipinski definition) is 4. The summed E-state index contributed by atoms with van der Waals surface area (Å²) in [6.45, 7) is 3.97. The van der Waals surface area contributed by atoms with E-state index < -0.39 is 0 Å². The largest absolute Gasteiger partial charge is 0.311 e. The summed E-state index contributed by atoms with van der Waals surface area (Å²) in [6.07, 6.45) is 5.04. The van der Waals surface area contributed by atoms with E-state index in [-0.39, 0.29) is 0 Å². The van der Waals surface area contributed by atoms with Crippen molar-refractivity contribution in [2.24, 2.45) is 0 Å². The third-order valence-electron chi connectivity index (χ3n) is 2.79. The molecule has 4 heteroatoms. The third kappa shape index (κ3) is 4.04. The van der Waals surface area contributed by atoms with Gasteiger partial charge in [0.1, 0.15) is 0 Å². The maximum atomic E-state index is 4.59. The first-order valence-electron chi connectivity index (χ1n) is 6.50. The van der Waals surface area contributed by atoms with E-state index in [1.165, 1.54) is 4.90 Å². The average Bonchev–Trinajstić information content (AvgIpc) is 2.48. The first-order valence-corrected chi connectivity index (χ1v) is 7.73. The summed E-state index contributed by atoms with van der Waals surface area (Å²) in [7, 11) is 0. The van der Waals surface area contributed by atoms with Crippen LogP contribution in [0.2, 0.25) is 0 Å². The zero-order valence-electron chi connectivity index (χ0n) is 11.4. The molecule has 1 N–H and O–H groups in total. The molecule has 0 amide bonds. The highest BCUT2D eigenvalue weighted by Gasteiger charge is 2.02. The van der Waals surface area contributed by atoms with Crippen LogP contribution in [0.15, 0.2) is 41.4 Å². The second-order valence-electron chi connectivity index (χ2n) is 4.28. The van der Waals surface area contributed by atoms with Crippen molar-refractivity contribution >= 4 is 11.8 Å². The van der Waals surface area contributed by atoms with Crippen LogP contribution in [0.1, 0.15) is 19.0 Å². The molecule has 0 bridgehead atoms. The van der Waals surface area contributed by atoms with E-state index >= 15 is 0 Å². The van der Waals surface area contributed by atoms with Gasteiger partial charge in [-0.15, -0.1) is 11.8 Å². The Morgan fingerprint density at radius 3 is 2.63 bits per heavy atom. The van der Waals surface area contributed by atoms with Gasteiger partial charge >= 0.3 is 0 Å². The Labute approximate surface area is 118 Å². The number of hydrogen-bond donors (Lipinski definition) is 1. The number of nitrogens with one attached hydrogen (secondary N) is 1. The second-order valence-corrected chi connectivity index (χ2v) is 5.16. The maximum Gasteiger partial charge on any atom is 0.159 e. The highest BCUT2D eigenvalue weighted by molar-refractivity contribution is 7.98. The highest BCUT2D eigenvalue weighted by atomic mass is 32.2. The van der Waals surface area contributed by atoms with E-state index in [4.69, 9.17) is 0 Å². The molecule has 0 saturated carbocycles. The minimum atomic E-state index is 0.795. The Kier molecular flexibility index (Phi) is 5.36. The average molecular weight is 273 g/mol. The van der Waals surface area contributed by atoms with Crippen molar-refractivity contribution in [2.75, 3.05) is 12.8 Å². The van der Waals surface area contributed by atoms with Crippen molar-refractivity contribution < 1.29 is 0 Å². The molecule has 0 unspecified atom stereocenters. The number of aromatic nitrogens is 2. The van der Waals surface area contributed by atoms with Gasteiger partial charge in [-0.25, -0.2) is 9.97 Å². The monoisotopic (exact) mass is 273 g/mol. The van der Waals surface area contributed by atoms with Gasteiger partial charge in [0.25, 0.3) is 0 Å². The zero-order chi connectivity index (χ0) is 13.5. The van der Waals surface area contributed by atoms with Crippen LogP contribution in [0, 0.1) is 0 Å². The first-order chi connectivity index (χ1) is 9.33. The van der Waals surface area contributed by atoms with Crippen molar-refractivity contribution in [3.8, 4) is 11.4 Å². The Balaban J connectivity index is 2.12. The van der Waals surface area contributed by atoms with Gasteiger partial charge in [-0.05, 0) is 37.4 Å². The van der Waals surface area contributed by atoms with Gasteiger partial charge in [0, 0.05) is 23.2 Å². The summed E-state index contributed by atoms with van der Waals surface area (Å²) in [4.78, 5) is 10.2. The molecule has 2 rings (SSSR count). The Bertz CT molecular complexity index is 511. The van der Waals surface area contributed by atoms with Crippen molar-refractivity contribution in [3.63, 3.8) is 0 Å². The smallest absolute Gasteiger partial charge is 0.159 e. The van der Waals surface area contributed by atoms with Crippen molar-refractivity contribution in [1.29, 1.82) is 0 Å². The summed E-state index contributed by atoms with van der Waals surface area (Å²) in [5.41, 5.74) is 2.10. The van der Waals surface area contributed by atoms with Crippen LogP contribution in [-0.2, 0) is 6.54 Å². The van der Waals surface area contributed by atoms with E-state index in [0.29, 0.717) is 0 Å². The van der Waals surface area contributed by atoms with Crippen molar-refractivity contribution in [1.82, 2.24) is 15.3 Å². The maximum absolute atomic E-state index is 4.59. The van der Waals surface area contributed by atoms with E-state index in [0.717, 1.165) is 36.6 Å². The molecule has 3 nitrogen and oxygen atoms in total. The third-order valence-corrected chi connectivity index (χ3v) is 3.54. The van der Waals surface area contributed by atoms with Crippen LogP contribution < -0.4 is 5.32 Å². The molecular formula is C15H19N3S. The molecule has 2 aromatic rings. The summed E-state index contributed by atoms with van der Waals surface area (Å²) < 4.78 is 0. The zero-order valence-corrected chi connectivity index (χ0v) is 12.2. The van der Waals surface area contributed by atoms with Gasteiger partial charge in [-0.2, -0.15) is 0 Å². The number of thioether (sulfide) groups is 1. The SMILES string of the molecule is CCCNCc1ccnc(-c2ccc(SC)cc2)n1. The number of benzene rings is 1. The lowest BCUT2D eigenvalue weighted by atomic mass is 10.2. The molecule has 19 heavy (non-hydrogen) atoms. The van der Waals surface area contributed by atoms with Crippen LogP contribution in [0.25, 0.3) is 11.4 Å². The van der Waals surface area contributed by atoms with Crippen molar-refractivity contribution in [3.05, 3.63) is 42.2 Å². The predicted octanol–water partition coefficient (Wildman–Crippen LogP) is 3.37. The van der Waals surface area contributed by atoms with E-state index in [2.05, 4.69) is 52.7 Å². The molecule has 0 saturated heterocycles. The van der Waals surface area contributed by atoms with E-state index in [1.54, 1.807) is 11.8 Å². The predicted molar refractivity (Wildman–Crippen MR) is 81.2 cm³/mol. The summed E-state index contributed by atoms with van der Waals surface area (Å²) >= 11 is 1.74. The molecule has 0 aliphatic carbocycles. The van der Waals surface area contributed by atoms with Crippen LogP contribution in [0.3, 0.4) is 0 Å². The molecule has 0 radical (unpaired) electrons. The van der Waals surface area contributed by atoms with Crippen LogP contribution in [-0.4, -0.2) is 22.8 Å². The Hall–Kier alpha value is -1.39. The fourth-order valence-electron chi connectivity index (χ4n) is 1.77. The van der Waals surface area contributed by atoms with Crippen LogP contribution >= 0.6 is 11.8 Å². The second kappa shape index (κ2) is 7.26. The molecule has 0 aliphatic rings. The molecule has 1 heterocycles. The lowest BCUT2D eigenvalue weighted by Gasteiger charge is -2.05. The summed E-state index contributed by atoms with van der Waals surface area (Å²) in [6, 6.07) is 10.3. The molecular weight excluding hydrogens is 254 g/mol. The minimum Gasteiger partial charge on any atom is -0.311 e.